The van der Waals surface area contributed by atoms with E-state index in [0.29, 0.717) is 32.7 Å². The predicted molar refractivity (Wildman–Crippen MR) is 73.5 cm³/mol. The molecule has 1 heterocycles. The Balaban J connectivity index is 1.95. The fraction of sp³-hybridized carbons (Fsp3) is 0.857. The van der Waals surface area contributed by atoms with Crippen molar-refractivity contribution in [3.05, 3.63) is 0 Å². The molecule has 6 nitrogen and oxygen atoms in total. The molecule has 2 rings (SSSR count). The molecule has 0 bridgehead atoms. The van der Waals surface area contributed by atoms with Gasteiger partial charge in [-0.2, -0.15) is 0 Å². The number of rotatable bonds is 5. The maximum absolute atomic E-state index is 12.4. The maximum atomic E-state index is 12.4. The lowest BCUT2D eigenvalue weighted by Gasteiger charge is -2.26. The molecule has 2 atom stereocenters. The summed E-state index contributed by atoms with van der Waals surface area (Å²) < 4.78 is 4.98. The number of carboxylic acid groups (broad SMARTS) is 1. The molecule has 1 saturated heterocycles. The van der Waals surface area contributed by atoms with E-state index in [1.165, 1.54) is 0 Å². The van der Waals surface area contributed by atoms with Crippen LogP contribution in [0.15, 0.2) is 0 Å². The summed E-state index contributed by atoms with van der Waals surface area (Å²) in [6.07, 6.45) is 3.37. The highest BCUT2D eigenvalue weighted by atomic mass is 16.5. The number of aliphatic carboxylic acids is 1. The van der Waals surface area contributed by atoms with E-state index in [2.05, 4.69) is 0 Å². The van der Waals surface area contributed by atoms with Crippen molar-refractivity contribution < 1.29 is 19.4 Å². The third kappa shape index (κ3) is 2.61. The number of hydrogen-bond donors (Lipinski definition) is 1. The molecule has 0 aromatic rings. The van der Waals surface area contributed by atoms with Crippen molar-refractivity contribution in [1.29, 1.82) is 0 Å². The molecule has 6 heteroatoms. The first kappa shape index (κ1) is 15.1. The van der Waals surface area contributed by atoms with Gasteiger partial charge in [0.05, 0.1) is 5.41 Å². The number of ether oxygens (including phenoxy) is 1. The predicted octanol–water partition coefficient (Wildman–Crippen LogP) is 1.26. The zero-order valence-corrected chi connectivity index (χ0v) is 12.3. The average molecular weight is 284 g/mol. The summed E-state index contributed by atoms with van der Waals surface area (Å²) in [6.45, 7) is 2.20. The van der Waals surface area contributed by atoms with Crippen LogP contribution in [-0.2, 0) is 9.53 Å². The minimum Gasteiger partial charge on any atom is -0.481 e. The second-order valence-electron chi connectivity index (χ2n) is 5.98. The van der Waals surface area contributed by atoms with Crippen LogP contribution < -0.4 is 0 Å². The van der Waals surface area contributed by atoms with Gasteiger partial charge in [0.25, 0.3) is 0 Å². The van der Waals surface area contributed by atoms with Crippen LogP contribution in [0.25, 0.3) is 0 Å². The van der Waals surface area contributed by atoms with Gasteiger partial charge in [-0.15, -0.1) is 0 Å². The molecule has 1 aliphatic carbocycles. The number of carbonyl (C=O) groups is 2. The van der Waals surface area contributed by atoms with E-state index < -0.39 is 11.4 Å². The van der Waals surface area contributed by atoms with Crippen molar-refractivity contribution in [3.8, 4) is 0 Å². The van der Waals surface area contributed by atoms with Crippen LogP contribution >= 0.6 is 0 Å². The van der Waals surface area contributed by atoms with Crippen LogP contribution in [0.1, 0.15) is 25.7 Å². The number of methoxy groups -OCH3 is 1. The third-order valence-electron chi connectivity index (χ3n) is 4.74. The number of carboxylic acids is 1. The molecule has 20 heavy (non-hydrogen) atoms. The first-order valence-corrected chi connectivity index (χ1v) is 7.23. The smallest absolute Gasteiger partial charge is 0.319 e. The first-order chi connectivity index (χ1) is 9.51. The molecule has 0 aromatic heterocycles. The molecule has 1 aliphatic heterocycles. The Morgan fingerprint density at radius 2 is 2.25 bits per heavy atom. The minimum absolute atomic E-state index is 0.0591. The lowest BCUT2D eigenvalue weighted by Crippen LogP contribution is -2.43. The van der Waals surface area contributed by atoms with E-state index in [0.717, 1.165) is 19.3 Å². The number of fused-ring (bicyclic) bond motifs is 1. The van der Waals surface area contributed by atoms with E-state index in [9.17, 15) is 14.7 Å². The van der Waals surface area contributed by atoms with Crippen LogP contribution in [0.2, 0.25) is 0 Å². The molecule has 114 valence electrons. The van der Waals surface area contributed by atoms with E-state index in [4.69, 9.17) is 4.74 Å². The van der Waals surface area contributed by atoms with Crippen LogP contribution in [0.4, 0.5) is 4.79 Å². The van der Waals surface area contributed by atoms with E-state index in [-0.39, 0.29) is 11.9 Å². The molecule has 2 fully saturated rings. The molecule has 0 spiro atoms. The largest absolute Gasteiger partial charge is 0.481 e. The summed E-state index contributed by atoms with van der Waals surface area (Å²) in [7, 11) is 3.40. The molecule has 0 aromatic carbocycles. The van der Waals surface area contributed by atoms with Gasteiger partial charge in [-0.05, 0) is 25.2 Å². The van der Waals surface area contributed by atoms with Crippen molar-refractivity contribution in [2.45, 2.75) is 25.7 Å². The Kier molecular flexibility index (Phi) is 4.52. The molecular formula is C14H24N2O4. The summed E-state index contributed by atoms with van der Waals surface area (Å²) >= 11 is 0. The van der Waals surface area contributed by atoms with Crippen LogP contribution in [0.3, 0.4) is 0 Å². The van der Waals surface area contributed by atoms with Gasteiger partial charge in [0.2, 0.25) is 0 Å². The van der Waals surface area contributed by atoms with E-state index >= 15 is 0 Å². The molecule has 2 aliphatic rings. The highest BCUT2D eigenvalue weighted by Crippen LogP contribution is 2.48. The lowest BCUT2D eigenvalue weighted by atomic mass is 9.81. The molecule has 1 saturated carbocycles. The first-order valence-electron chi connectivity index (χ1n) is 7.23. The highest BCUT2D eigenvalue weighted by molar-refractivity contribution is 5.80. The molecule has 0 unspecified atom stereocenters. The van der Waals surface area contributed by atoms with E-state index in [1.54, 1.807) is 24.0 Å². The number of urea groups is 1. The van der Waals surface area contributed by atoms with Crippen LogP contribution in [0.5, 0.6) is 0 Å². The number of carbonyl (C=O) groups excluding carboxylic acids is 1. The summed E-state index contributed by atoms with van der Waals surface area (Å²) in [4.78, 5) is 27.3. The second kappa shape index (κ2) is 5.99. The Morgan fingerprint density at radius 3 is 2.85 bits per heavy atom. The average Bonchev–Trinajstić information content (AvgIpc) is 2.95. The number of amides is 2. The van der Waals surface area contributed by atoms with Crippen molar-refractivity contribution >= 4 is 12.0 Å². The molecule has 2 amide bonds. The molecule has 0 radical (unpaired) electrons. The van der Waals surface area contributed by atoms with E-state index in [1.807, 2.05) is 0 Å². The third-order valence-corrected chi connectivity index (χ3v) is 4.74. The zero-order valence-electron chi connectivity index (χ0n) is 12.3. The zero-order chi connectivity index (χ0) is 14.8. The van der Waals surface area contributed by atoms with Gasteiger partial charge in [0.15, 0.2) is 0 Å². The maximum Gasteiger partial charge on any atom is 0.319 e. The van der Waals surface area contributed by atoms with Gasteiger partial charge in [-0.3, -0.25) is 4.79 Å². The van der Waals surface area contributed by atoms with Crippen LogP contribution in [0, 0.1) is 11.3 Å². The quantitative estimate of drug-likeness (QED) is 0.772. The van der Waals surface area contributed by atoms with Gasteiger partial charge in [-0.25, -0.2) is 4.79 Å². The fourth-order valence-electron chi connectivity index (χ4n) is 3.57. The van der Waals surface area contributed by atoms with Gasteiger partial charge in [0.1, 0.15) is 0 Å². The second-order valence-corrected chi connectivity index (χ2v) is 5.98. The van der Waals surface area contributed by atoms with Gasteiger partial charge >= 0.3 is 12.0 Å². The van der Waals surface area contributed by atoms with Crippen molar-refractivity contribution in [2.75, 3.05) is 40.4 Å². The highest BCUT2D eigenvalue weighted by Gasteiger charge is 2.56. The van der Waals surface area contributed by atoms with Crippen molar-refractivity contribution in [1.82, 2.24) is 9.80 Å². The lowest BCUT2D eigenvalue weighted by molar-refractivity contribution is -0.149. The Morgan fingerprint density at radius 1 is 1.50 bits per heavy atom. The Labute approximate surface area is 119 Å². The summed E-state index contributed by atoms with van der Waals surface area (Å²) in [5.74, 6) is -0.617. The normalized spacial score (nSPS) is 28.5. The topological polar surface area (TPSA) is 70.1 Å². The Hall–Kier alpha value is -1.30. The Bertz CT molecular complexity index is 387. The van der Waals surface area contributed by atoms with Crippen LogP contribution in [-0.4, -0.2) is 67.3 Å². The van der Waals surface area contributed by atoms with Gasteiger partial charge < -0.3 is 19.6 Å². The summed E-state index contributed by atoms with van der Waals surface area (Å²) in [5, 5.41) is 9.52. The fourth-order valence-corrected chi connectivity index (χ4v) is 3.57. The standard InChI is InChI=1S/C14H24N2O4/c1-15(7-4-8-20-2)13(19)16-9-11-5-3-6-14(11,10-16)12(17)18/h11H,3-10H2,1-2H3,(H,17,18)/t11-,14+/m0/s1. The van der Waals surface area contributed by atoms with Crippen molar-refractivity contribution in [2.24, 2.45) is 11.3 Å². The summed E-state index contributed by atoms with van der Waals surface area (Å²) in [5.41, 5.74) is -0.691. The number of likely N-dealkylation sites (tertiary alicyclic amines) is 1. The molecular weight excluding hydrogens is 260 g/mol. The number of hydrogen-bond acceptors (Lipinski definition) is 3. The van der Waals surface area contributed by atoms with Crippen molar-refractivity contribution in [3.63, 3.8) is 0 Å². The van der Waals surface area contributed by atoms with Gasteiger partial charge in [0, 0.05) is 40.4 Å². The van der Waals surface area contributed by atoms with Gasteiger partial charge in [-0.1, -0.05) is 6.42 Å². The summed E-state index contributed by atoms with van der Waals surface area (Å²) in [6, 6.07) is -0.0591. The molecule has 1 N–H and O–H groups in total. The monoisotopic (exact) mass is 284 g/mol. The minimum atomic E-state index is -0.739. The number of nitrogens with zero attached hydrogens (tertiary/aromatic N) is 2. The SMILES string of the molecule is COCCCN(C)C(=O)N1C[C@@H]2CCC[C@@]2(C(=O)O)C1.